The Bertz CT molecular complexity index is 1060. The molecule has 1 aliphatic rings. The number of aromatic nitrogens is 3. The first-order chi connectivity index (χ1) is 13.4. The highest BCUT2D eigenvalue weighted by Gasteiger charge is 2.27. The van der Waals surface area contributed by atoms with Gasteiger partial charge in [0.25, 0.3) is 5.56 Å². The molecule has 0 saturated carbocycles. The van der Waals surface area contributed by atoms with Gasteiger partial charge in [-0.2, -0.15) is 0 Å². The van der Waals surface area contributed by atoms with Crippen LogP contribution < -0.4 is 10.5 Å². The highest BCUT2D eigenvalue weighted by Crippen LogP contribution is 2.32. The van der Waals surface area contributed by atoms with Crippen LogP contribution in [0.25, 0.3) is 0 Å². The summed E-state index contributed by atoms with van der Waals surface area (Å²) in [5.41, 5.74) is 3.03. The summed E-state index contributed by atoms with van der Waals surface area (Å²) < 4.78 is 1.68. The molecule has 0 unspecified atom stereocenters. The Morgan fingerprint density at radius 1 is 1.07 bits per heavy atom. The topological polar surface area (TPSA) is 54.3 Å². The van der Waals surface area contributed by atoms with Gasteiger partial charge in [0.1, 0.15) is 0 Å². The summed E-state index contributed by atoms with van der Waals surface area (Å²) in [6.07, 6.45) is 1.77. The summed E-state index contributed by atoms with van der Waals surface area (Å²) in [6, 6.07) is 11.1. The summed E-state index contributed by atoms with van der Waals surface area (Å²) in [4.78, 5) is 26.1. The fraction of sp³-hybridized carbons (Fsp3) is 0.250. The maximum atomic E-state index is 12.9. The highest BCUT2D eigenvalue weighted by atomic mass is 35.5. The van der Waals surface area contributed by atoms with Gasteiger partial charge in [-0.25, -0.2) is 4.98 Å². The summed E-state index contributed by atoms with van der Waals surface area (Å²) >= 11 is 12.5. The standard InChI is InChI=1S/C20H19Cl2N5O/c1-13-14(2)24-20-26(18-8-15(21)7-16(22)9-18)11-25(12-27(20)19(13)28)10-17-5-3-4-6-23-17/h3-9H,10-12H2,1-2H3. The van der Waals surface area contributed by atoms with Gasteiger partial charge in [0.15, 0.2) is 0 Å². The molecule has 0 fully saturated rings. The number of aryl methyl sites for hydroxylation is 1. The number of anilines is 2. The van der Waals surface area contributed by atoms with E-state index in [-0.39, 0.29) is 5.56 Å². The molecule has 0 aliphatic carbocycles. The summed E-state index contributed by atoms with van der Waals surface area (Å²) in [6.45, 7) is 5.22. The van der Waals surface area contributed by atoms with E-state index in [0.29, 0.717) is 47.1 Å². The van der Waals surface area contributed by atoms with E-state index in [9.17, 15) is 4.79 Å². The molecule has 4 rings (SSSR count). The number of hydrogen-bond acceptors (Lipinski definition) is 5. The van der Waals surface area contributed by atoms with E-state index >= 15 is 0 Å². The van der Waals surface area contributed by atoms with Crippen LogP contribution in [0, 0.1) is 13.8 Å². The van der Waals surface area contributed by atoms with E-state index in [2.05, 4.69) is 9.88 Å². The molecular weight excluding hydrogens is 397 g/mol. The van der Waals surface area contributed by atoms with Crippen LogP contribution in [0.1, 0.15) is 17.0 Å². The molecule has 3 heterocycles. The average molecular weight is 416 g/mol. The smallest absolute Gasteiger partial charge is 0.259 e. The summed E-state index contributed by atoms with van der Waals surface area (Å²) in [7, 11) is 0. The maximum Gasteiger partial charge on any atom is 0.259 e. The van der Waals surface area contributed by atoms with Crippen molar-refractivity contribution in [3.8, 4) is 0 Å². The van der Waals surface area contributed by atoms with E-state index in [1.54, 1.807) is 23.8 Å². The van der Waals surface area contributed by atoms with Crippen LogP contribution in [0.5, 0.6) is 0 Å². The number of nitrogens with zero attached hydrogens (tertiary/aromatic N) is 5. The van der Waals surface area contributed by atoms with Crippen molar-refractivity contribution in [1.29, 1.82) is 0 Å². The van der Waals surface area contributed by atoms with Gasteiger partial charge in [0.05, 0.1) is 19.0 Å². The number of benzene rings is 1. The molecule has 0 spiro atoms. The third-order valence-corrected chi connectivity index (χ3v) is 5.25. The lowest BCUT2D eigenvalue weighted by molar-refractivity contribution is 0.187. The molecule has 0 amide bonds. The normalized spacial score (nSPS) is 14.2. The van der Waals surface area contributed by atoms with Crippen molar-refractivity contribution in [3.63, 3.8) is 0 Å². The minimum absolute atomic E-state index is 0.0497. The van der Waals surface area contributed by atoms with Crippen LogP contribution in [0.3, 0.4) is 0 Å². The second-order valence-corrected chi connectivity index (χ2v) is 7.72. The fourth-order valence-corrected chi connectivity index (χ4v) is 3.81. The van der Waals surface area contributed by atoms with E-state index < -0.39 is 0 Å². The lowest BCUT2D eigenvalue weighted by Gasteiger charge is -2.38. The molecule has 0 bridgehead atoms. The van der Waals surface area contributed by atoms with E-state index in [0.717, 1.165) is 11.4 Å². The molecule has 1 aromatic carbocycles. The Kier molecular flexibility index (Phi) is 5.10. The third-order valence-electron chi connectivity index (χ3n) is 4.81. The molecule has 0 saturated heterocycles. The molecule has 6 nitrogen and oxygen atoms in total. The van der Waals surface area contributed by atoms with E-state index in [1.807, 2.05) is 42.2 Å². The van der Waals surface area contributed by atoms with Crippen molar-refractivity contribution in [1.82, 2.24) is 19.4 Å². The van der Waals surface area contributed by atoms with Crippen molar-refractivity contribution in [2.45, 2.75) is 27.1 Å². The van der Waals surface area contributed by atoms with Gasteiger partial charge in [-0.1, -0.05) is 29.3 Å². The van der Waals surface area contributed by atoms with Crippen LogP contribution in [-0.2, 0) is 13.2 Å². The zero-order valence-electron chi connectivity index (χ0n) is 15.6. The van der Waals surface area contributed by atoms with Crippen molar-refractivity contribution >= 4 is 34.8 Å². The SMILES string of the molecule is Cc1nc2n(c(=O)c1C)CN(Cc1ccccn1)CN2c1cc(Cl)cc(Cl)c1. The van der Waals surface area contributed by atoms with E-state index in [1.165, 1.54) is 0 Å². The number of fused-ring (bicyclic) bond motifs is 1. The van der Waals surface area contributed by atoms with Gasteiger partial charge in [-0.3, -0.25) is 24.1 Å². The molecule has 2 aromatic heterocycles. The number of rotatable bonds is 3. The van der Waals surface area contributed by atoms with Crippen molar-refractivity contribution in [3.05, 3.63) is 79.9 Å². The van der Waals surface area contributed by atoms with Gasteiger partial charge in [-0.15, -0.1) is 0 Å². The molecule has 0 radical (unpaired) electrons. The predicted molar refractivity (Wildman–Crippen MR) is 111 cm³/mol. The van der Waals surface area contributed by atoms with E-state index in [4.69, 9.17) is 28.2 Å². The minimum Gasteiger partial charge on any atom is -0.298 e. The predicted octanol–water partition coefficient (Wildman–Crippen LogP) is 4.13. The zero-order valence-corrected chi connectivity index (χ0v) is 17.1. The average Bonchev–Trinajstić information content (AvgIpc) is 2.66. The third kappa shape index (κ3) is 3.63. The van der Waals surface area contributed by atoms with Gasteiger partial charge < -0.3 is 0 Å². The van der Waals surface area contributed by atoms with Crippen LogP contribution in [-0.4, -0.2) is 26.1 Å². The number of hydrogen-bond donors (Lipinski definition) is 0. The van der Waals surface area contributed by atoms with Crippen molar-refractivity contribution in [2.75, 3.05) is 11.6 Å². The first-order valence-corrected chi connectivity index (χ1v) is 9.62. The van der Waals surface area contributed by atoms with Gasteiger partial charge in [0.2, 0.25) is 5.95 Å². The molecule has 3 aromatic rings. The Morgan fingerprint density at radius 2 is 1.82 bits per heavy atom. The van der Waals surface area contributed by atoms with Crippen molar-refractivity contribution in [2.24, 2.45) is 0 Å². The fourth-order valence-electron chi connectivity index (χ4n) is 3.30. The molecular formula is C20H19Cl2N5O. The quantitative estimate of drug-likeness (QED) is 0.643. The molecule has 8 heteroatoms. The zero-order chi connectivity index (χ0) is 19.8. The van der Waals surface area contributed by atoms with Gasteiger partial charge >= 0.3 is 0 Å². The highest BCUT2D eigenvalue weighted by molar-refractivity contribution is 6.35. The maximum absolute atomic E-state index is 12.9. The van der Waals surface area contributed by atoms with Gasteiger partial charge in [-0.05, 0) is 44.2 Å². The number of halogens is 2. The number of pyridine rings is 1. The second kappa shape index (κ2) is 7.54. The van der Waals surface area contributed by atoms with Crippen LogP contribution in [0.2, 0.25) is 10.0 Å². The molecule has 0 atom stereocenters. The minimum atomic E-state index is -0.0497. The van der Waals surface area contributed by atoms with Crippen LogP contribution in [0.15, 0.2) is 47.4 Å². The monoisotopic (exact) mass is 415 g/mol. The summed E-state index contributed by atoms with van der Waals surface area (Å²) in [5, 5.41) is 1.06. The van der Waals surface area contributed by atoms with Crippen LogP contribution in [0.4, 0.5) is 11.6 Å². The molecule has 0 N–H and O–H groups in total. The Labute approximate surface area is 173 Å². The second-order valence-electron chi connectivity index (χ2n) is 6.84. The Morgan fingerprint density at radius 3 is 2.50 bits per heavy atom. The largest absolute Gasteiger partial charge is 0.298 e. The lowest BCUT2D eigenvalue weighted by Crippen LogP contribution is -2.47. The molecule has 28 heavy (non-hydrogen) atoms. The van der Waals surface area contributed by atoms with Gasteiger partial charge in [0, 0.05) is 39.7 Å². The molecule has 1 aliphatic heterocycles. The first kappa shape index (κ1) is 18.9. The Balaban J connectivity index is 1.81. The molecule has 144 valence electrons. The van der Waals surface area contributed by atoms with Crippen molar-refractivity contribution < 1.29 is 0 Å². The van der Waals surface area contributed by atoms with Crippen LogP contribution >= 0.6 is 23.2 Å². The lowest BCUT2D eigenvalue weighted by atomic mass is 10.2. The Hall–Kier alpha value is -2.41. The first-order valence-electron chi connectivity index (χ1n) is 8.86. The summed E-state index contributed by atoms with van der Waals surface area (Å²) in [5.74, 6) is 0.587.